The molecule has 3 aromatic rings. The lowest BCUT2D eigenvalue weighted by Crippen LogP contribution is -2.28. The van der Waals surface area contributed by atoms with Crippen LogP contribution in [0.2, 0.25) is 0 Å². The highest BCUT2D eigenvalue weighted by Crippen LogP contribution is 2.29. The van der Waals surface area contributed by atoms with E-state index >= 15 is 0 Å². The number of anilines is 1. The van der Waals surface area contributed by atoms with Crippen LogP contribution in [-0.4, -0.2) is 15.8 Å². The number of furan rings is 1. The van der Waals surface area contributed by atoms with Crippen molar-refractivity contribution in [3.63, 3.8) is 0 Å². The highest BCUT2D eigenvalue weighted by Gasteiger charge is 2.18. The van der Waals surface area contributed by atoms with E-state index in [1.54, 1.807) is 6.26 Å². The lowest BCUT2D eigenvalue weighted by molar-refractivity contribution is 0.251. The normalized spacial score (nSPS) is 15.3. The number of hydrogen-bond acceptors (Lipinski definition) is 3. The SMILES string of the molecule is Cc1cn(C2CCCCC2)nc1NC(=O)NCc1ccc2occc2c1. The number of nitrogens with one attached hydrogen (secondary N) is 2. The van der Waals surface area contributed by atoms with E-state index in [0.29, 0.717) is 18.4 Å². The molecule has 6 heteroatoms. The Balaban J connectivity index is 1.36. The van der Waals surface area contributed by atoms with E-state index in [1.807, 2.05) is 42.1 Å². The molecule has 1 fully saturated rings. The maximum atomic E-state index is 12.2. The van der Waals surface area contributed by atoms with E-state index in [2.05, 4.69) is 15.7 Å². The van der Waals surface area contributed by atoms with Gasteiger partial charge in [-0.2, -0.15) is 5.10 Å². The fourth-order valence-corrected chi connectivity index (χ4v) is 3.60. The van der Waals surface area contributed by atoms with E-state index in [-0.39, 0.29) is 6.03 Å². The summed E-state index contributed by atoms with van der Waals surface area (Å²) in [5.74, 6) is 0.637. The van der Waals surface area contributed by atoms with Crippen molar-refractivity contribution < 1.29 is 9.21 Å². The molecule has 0 unspecified atom stereocenters. The molecule has 0 saturated heterocycles. The number of carbonyl (C=O) groups is 1. The van der Waals surface area contributed by atoms with Gasteiger partial charge in [0.1, 0.15) is 5.58 Å². The van der Waals surface area contributed by atoms with E-state index < -0.39 is 0 Å². The monoisotopic (exact) mass is 352 g/mol. The molecule has 1 saturated carbocycles. The van der Waals surface area contributed by atoms with Gasteiger partial charge in [0.25, 0.3) is 0 Å². The smallest absolute Gasteiger partial charge is 0.320 e. The van der Waals surface area contributed by atoms with Gasteiger partial charge in [-0.3, -0.25) is 10.00 Å². The lowest BCUT2D eigenvalue weighted by atomic mass is 9.96. The minimum atomic E-state index is -0.241. The summed E-state index contributed by atoms with van der Waals surface area (Å²) in [5, 5.41) is 11.4. The number of urea groups is 1. The van der Waals surface area contributed by atoms with Gasteiger partial charge in [0.05, 0.1) is 12.3 Å². The Morgan fingerprint density at radius 1 is 1.27 bits per heavy atom. The highest BCUT2D eigenvalue weighted by atomic mass is 16.3. The third kappa shape index (κ3) is 3.59. The molecule has 0 bridgehead atoms. The number of rotatable bonds is 4. The molecule has 4 rings (SSSR count). The molecule has 26 heavy (non-hydrogen) atoms. The Hall–Kier alpha value is -2.76. The van der Waals surface area contributed by atoms with Crippen LogP contribution in [-0.2, 0) is 6.54 Å². The number of carbonyl (C=O) groups excluding carboxylic acids is 1. The number of amides is 2. The molecule has 2 aromatic heterocycles. The Labute approximate surface area is 152 Å². The summed E-state index contributed by atoms with van der Waals surface area (Å²) < 4.78 is 7.36. The van der Waals surface area contributed by atoms with Crippen LogP contribution in [0, 0.1) is 6.92 Å². The van der Waals surface area contributed by atoms with Crippen LogP contribution in [0.3, 0.4) is 0 Å². The first-order valence-corrected chi connectivity index (χ1v) is 9.26. The van der Waals surface area contributed by atoms with Crippen LogP contribution >= 0.6 is 0 Å². The summed E-state index contributed by atoms with van der Waals surface area (Å²) in [7, 11) is 0. The number of benzene rings is 1. The van der Waals surface area contributed by atoms with Crippen LogP contribution in [0.15, 0.2) is 41.1 Å². The van der Waals surface area contributed by atoms with E-state index in [9.17, 15) is 4.79 Å². The molecule has 136 valence electrons. The fraction of sp³-hybridized carbons (Fsp3) is 0.400. The van der Waals surface area contributed by atoms with E-state index in [1.165, 1.54) is 32.1 Å². The summed E-state index contributed by atoms with van der Waals surface area (Å²) in [6.07, 6.45) is 9.88. The van der Waals surface area contributed by atoms with E-state index in [0.717, 1.165) is 22.1 Å². The van der Waals surface area contributed by atoms with Crippen molar-refractivity contribution in [3.8, 4) is 0 Å². The molecule has 2 amide bonds. The largest absolute Gasteiger partial charge is 0.464 e. The van der Waals surface area contributed by atoms with E-state index in [4.69, 9.17) is 4.42 Å². The topological polar surface area (TPSA) is 72.1 Å². The van der Waals surface area contributed by atoms with Gasteiger partial charge in [0.15, 0.2) is 5.82 Å². The molecule has 0 aliphatic heterocycles. The molecular weight excluding hydrogens is 328 g/mol. The van der Waals surface area contributed by atoms with Gasteiger partial charge in [-0.1, -0.05) is 25.3 Å². The first-order chi connectivity index (χ1) is 12.7. The number of aromatic nitrogens is 2. The van der Waals surface area contributed by atoms with Crippen molar-refractivity contribution in [3.05, 3.63) is 47.9 Å². The standard InChI is InChI=1S/C20H24N4O2/c1-14-13-24(17-5-3-2-4-6-17)23-19(14)22-20(25)21-12-15-7-8-18-16(11-15)9-10-26-18/h7-11,13,17H,2-6,12H2,1H3,(H2,21,22,23,25). The zero-order chi connectivity index (χ0) is 17.9. The van der Waals surface area contributed by atoms with Crippen LogP contribution in [0.25, 0.3) is 11.0 Å². The van der Waals surface area contributed by atoms with Crippen LogP contribution in [0.5, 0.6) is 0 Å². The van der Waals surface area contributed by atoms with Gasteiger partial charge in [-0.05, 0) is 43.5 Å². The second-order valence-corrected chi connectivity index (χ2v) is 7.03. The second kappa shape index (κ2) is 7.23. The Morgan fingerprint density at radius 2 is 2.12 bits per heavy atom. The van der Waals surface area contributed by atoms with Gasteiger partial charge in [0, 0.05) is 23.7 Å². The molecule has 6 nitrogen and oxygen atoms in total. The van der Waals surface area contributed by atoms with Crippen molar-refractivity contribution >= 4 is 22.8 Å². The summed E-state index contributed by atoms with van der Waals surface area (Å²) in [4.78, 5) is 12.2. The minimum Gasteiger partial charge on any atom is -0.464 e. The Bertz CT molecular complexity index is 906. The van der Waals surface area contributed by atoms with Crippen molar-refractivity contribution in [2.24, 2.45) is 0 Å². The maximum absolute atomic E-state index is 12.2. The van der Waals surface area contributed by atoms with Crippen molar-refractivity contribution in [2.75, 3.05) is 5.32 Å². The van der Waals surface area contributed by atoms with Gasteiger partial charge >= 0.3 is 6.03 Å². The number of fused-ring (bicyclic) bond motifs is 1. The summed E-state index contributed by atoms with van der Waals surface area (Å²) >= 11 is 0. The third-order valence-corrected chi connectivity index (χ3v) is 5.07. The molecule has 0 spiro atoms. The molecule has 1 aliphatic rings. The van der Waals surface area contributed by atoms with Gasteiger partial charge in [-0.25, -0.2) is 4.79 Å². The quantitative estimate of drug-likeness (QED) is 0.711. The lowest BCUT2D eigenvalue weighted by Gasteiger charge is -2.21. The molecule has 1 aliphatic carbocycles. The predicted molar refractivity (Wildman–Crippen MR) is 101 cm³/mol. The van der Waals surface area contributed by atoms with Gasteiger partial charge < -0.3 is 9.73 Å². The summed E-state index contributed by atoms with van der Waals surface area (Å²) in [6, 6.07) is 8.02. The number of hydrogen-bond donors (Lipinski definition) is 2. The molecule has 0 radical (unpaired) electrons. The van der Waals surface area contributed by atoms with Gasteiger partial charge in [-0.15, -0.1) is 0 Å². The minimum absolute atomic E-state index is 0.241. The summed E-state index contributed by atoms with van der Waals surface area (Å²) in [5.41, 5.74) is 2.87. The maximum Gasteiger partial charge on any atom is 0.320 e. The van der Waals surface area contributed by atoms with Gasteiger partial charge in [0.2, 0.25) is 0 Å². The van der Waals surface area contributed by atoms with Crippen molar-refractivity contribution in [1.82, 2.24) is 15.1 Å². The average Bonchev–Trinajstić information content (AvgIpc) is 3.27. The third-order valence-electron chi connectivity index (χ3n) is 5.07. The first-order valence-electron chi connectivity index (χ1n) is 9.26. The zero-order valence-electron chi connectivity index (χ0n) is 15.0. The van der Waals surface area contributed by atoms with Crippen molar-refractivity contribution in [1.29, 1.82) is 0 Å². The molecule has 1 aromatic carbocycles. The Morgan fingerprint density at radius 3 is 2.96 bits per heavy atom. The second-order valence-electron chi connectivity index (χ2n) is 7.03. The van der Waals surface area contributed by atoms with Crippen LogP contribution in [0.1, 0.15) is 49.3 Å². The molecule has 2 N–H and O–H groups in total. The van der Waals surface area contributed by atoms with Crippen LogP contribution < -0.4 is 10.6 Å². The Kier molecular flexibility index (Phi) is 4.65. The van der Waals surface area contributed by atoms with Crippen LogP contribution in [0.4, 0.5) is 10.6 Å². The predicted octanol–water partition coefficient (Wildman–Crippen LogP) is 4.76. The molecular formula is C20H24N4O2. The summed E-state index contributed by atoms with van der Waals surface area (Å²) in [6.45, 7) is 2.43. The average molecular weight is 352 g/mol. The fourth-order valence-electron chi connectivity index (χ4n) is 3.60. The molecule has 2 heterocycles. The number of aryl methyl sites for hydroxylation is 1. The van der Waals surface area contributed by atoms with Crippen molar-refractivity contribution in [2.45, 2.75) is 51.6 Å². The highest BCUT2D eigenvalue weighted by molar-refractivity contribution is 5.89. The number of nitrogens with zero attached hydrogens (tertiary/aromatic N) is 2. The molecule has 0 atom stereocenters. The first kappa shape index (κ1) is 16.7. The zero-order valence-corrected chi connectivity index (χ0v) is 15.0.